The summed E-state index contributed by atoms with van der Waals surface area (Å²) in [6.07, 6.45) is 8.16. The molecule has 0 saturated heterocycles. The van der Waals surface area contributed by atoms with Gasteiger partial charge in [-0.3, -0.25) is 29.9 Å². The Morgan fingerprint density at radius 3 is 0.563 bits per heavy atom. The van der Waals surface area contributed by atoms with E-state index in [4.69, 9.17) is 0 Å². The van der Waals surface area contributed by atoms with Crippen molar-refractivity contribution in [3.8, 4) is 88.0 Å². The molecule has 21 nitrogen and oxygen atoms in total. The second-order valence-corrected chi connectivity index (χ2v) is 20.8. The molecule has 0 atom stereocenters. The molecule has 0 N–H and O–H groups in total. The van der Waals surface area contributed by atoms with E-state index in [0.29, 0.717) is 150 Å². The van der Waals surface area contributed by atoms with E-state index in [2.05, 4.69) is 114 Å². The first-order valence-electron chi connectivity index (χ1n) is 26.3. The molecule has 21 heteroatoms. The van der Waals surface area contributed by atoms with Crippen LogP contribution in [0, 0.1) is 102 Å². The highest BCUT2D eigenvalue weighted by Gasteiger charge is 2.50. The molecule has 16 rings (SSSR count). The Morgan fingerprint density at radius 1 is 0.241 bits per heavy atom. The lowest BCUT2D eigenvalue weighted by molar-refractivity contribution is 1.01. The molecule has 12 aromatic rings. The first kappa shape index (κ1) is 48.9. The number of allylic oxidation sites excluding steroid dienone is 6. The molecule has 0 amide bonds. The molecule has 0 bridgehead atoms. The first-order valence-corrected chi connectivity index (χ1v) is 26.3. The topological polar surface area (TPSA) is 369 Å². The minimum absolute atomic E-state index is 0.0821. The number of rotatable bonds is 3. The summed E-state index contributed by atoms with van der Waals surface area (Å²) in [7, 11) is 0. The third-order valence-corrected chi connectivity index (χ3v) is 16.4. The van der Waals surface area contributed by atoms with Gasteiger partial charge in [-0.05, 0) is 140 Å². The van der Waals surface area contributed by atoms with E-state index in [1.54, 1.807) is 36.4 Å². The zero-order valence-electron chi connectivity index (χ0n) is 44.0. The van der Waals surface area contributed by atoms with E-state index >= 15 is 0 Å². The van der Waals surface area contributed by atoms with Crippen molar-refractivity contribution in [1.82, 2.24) is 59.8 Å². The van der Waals surface area contributed by atoms with E-state index in [1.807, 2.05) is 36.4 Å². The van der Waals surface area contributed by atoms with Crippen molar-refractivity contribution >= 4 is 66.2 Å². The van der Waals surface area contributed by atoms with Crippen LogP contribution in [0.4, 0.5) is 0 Å². The highest BCUT2D eigenvalue weighted by atomic mass is 14.8. The van der Waals surface area contributed by atoms with Crippen molar-refractivity contribution in [3.05, 3.63) is 211 Å². The minimum atomic E-state index is -0.929. The van der Waals surface area contributed by atoms with Gasteiger partial charge in [0, 0.05) is 51.2 Å². The third-order valence-electron chi connectivity index (χ3n) is 16.4. The van der Waals surface area contributed by atoms with Gasteiger partial charge in [0.25, 0.3) is 0 Å². The van der Waals surface area contributed by atoms with Crippen LogP contribution in [0.1, 0.15) is 85.3 Å². The fraction of sp³-hybridized carbons (Fsp3) is 0.0455. The van der Waals surface area contributed by atoms with Crippen LogP contribution in [-0.2, 0) is 0 Å². The van der Waals surface area contributed by atoms with Crippen LogP contribution in [-0.4, -0.2) is 59.8 Å². The molecule has 6 aromatic heterocycles. The van der Waals surface area contributed by atoms with Gasteiger partial charge in [0.2, 0.25) is 0 Å². The summed E-state index contributed by atoms with van der Waals surface area (Å²) < 4.78 is 0. The van der Waals surface area contributed by atoms with Crippen molar-refractivity contribution in [1.29, 1.82) is 47.4 Å². The predicted octanol–water partition coefficient (Wildman–Crippen LogP) is 9.79. The number of aromatic nitrogens is 12. The molecule has 0 radical (unpaired) electrons. The van der Waals surface area contributed by atoms with Crippen LogP contribution < -0.4 is 0 Å². The smallest absolute Gasteiger partial charge is 0.159 e. The van der Waals surface area contributed by atoms with Gasteiger partial charge in [0.15, 0.2) is 34.2 Å². The lowest BCUT2D eigenvalue weighted by atomic mass is 9.86. The Balaban J connectivity index is 1.03. The van der Waals surface area contributed by atoms with Crippen molar-refractivity contribution in [2.75, 3.05) is 0 Å². The second kappa shape index (κ2) is 18.0. The summed E-state index contributed by atoms with van der Waals surface area (Å²) in [6.45, 7) is 0. The highest BCUT2D eigenvalue weighted by Crippen LogP contribution is 2.63. The Morgan fingerprint density at radius 2 is 0.414 bits per heavy atom. The van der Waals surface area contributed by atoms with Crippen LogP contribution in [0.5, 0.6) is 0 Å². The van der Waals surface area contributed by atoms with E-state index in [-0.39, 0.29) is 50.9 Å². The quantitative estimate of drug-likeness (QED) is 0.148. The fourth-order valence-corrected chi connectivity index (χ4v) is 12.8. The molecule has 1 fully saturated rings. The molecular formula is C66H21N21. The van der Waals surface area contributed by atoms with E-state index in [0.717, 1.165) is 0 Å². The number of hydrogen-bond acceptors (Lipinski definition) is 21. The largest absolute Gasteiger partial charge is 0.252 e. The van der Waals surface area contributed by atoms with E-state index < -0.39 is 17.8 Å². The van der Waals surface area contributed by atoms with Crippen LogP contribution in [0.25, 0.3) is 99.6 Å². The van der Waals surface area contributed by atoms with Crippen molar-refractivity contribution in [3.63, 3.8) is 0 Å². The monoisotopic (exact) mass is 1110 g/mol. The summed E-state index contributed by atoms with van der Waals surface area (Å²) in [5.74, 6) is -2.79. The van der Waals surface area contributed by atoms with E-state index in [1.165, 1.54) is 37.2 Å². The molecule has 390 valence electrons. The summed E-state index contributed by atoms with van der Waals surface area (Å²) in [5.41, 5.74) is 14.2. The van der Waals surface area contributed by atoms with Gasteiger partial charge in [-0.25, -0.2) is 29.9 Å². The molecule has 6 heterocycles. The highest BCUT2D eigenvalue weighted by molar-refractivity contribution is 6.01. The van der Waals surface area contributed by atoms with Gasteiger partial charge in [-0.15, -0.1) is 0 Å². The van der Waals surface area contributed by atoms with Crippen LogP contribution in [0.3, 0.4) is 0 Å². The lowest BCUT2D eigenvalue weighted by Crippen LogP contribution is -2.03. The number of benzene rings is 6. The van der Waals surface area contributed by atoms with Gasteiger partial charge in [-0.1, -0.05) is 0 Å². The molecular weight excluding hydrogens is 1090 g/mol. The summed E-state index contributed by atoms with van der Waals surface area (Å²) in [5, 5.41) is 95.8. The predicted molar refractivity (Wildman–Crippen MR) is 306 cm³/mol. The molecule has 4 aliphatic carbocycles. The summed E-state index contributed by atoms with van der Waals surface area (Å²) >= 11 is 0. The summed E-state index contributed by atoms with van der Waals surface area (Å²) in [4.78, 5) is 55.3. The van der Waals surface area contributed by atoms with Gasteiger partial charge >= 0.3 is 0 Å². The minimum Gasteiger partial charge on any atom is -0.252 e. The lowest BCUT2D eigenvalue weighted by Gasteiger charge is -2.14. The van der Waals surface area contributed by atoms with Crippen LogP contribution in [0.15, 0.2) is 143 Å². The maximum Gasteiger partial charge on any atom is 0.159 e. The van der Waals surface area contributed by atoms with Crippen LogP contribution in [0.2, 0.25) is 0 Å². The van der Waals surface area contributed by atoms with Gasteiger partial charge in [0.05, 0.1) is 122 Å². The van der Waals surface area contributed by atoms with Gasteiger partial charge in [0.1, 0.15) is 36.4 Å². The molecule has 0 spiro atoms. The SMILES string of the molecule is N#CC(=C1C(=C(C#N)C2c3cc4ncc(C#N)nc4cc3-c3cc4nc(C#N)cnc4cc32)C1=C(C#N)C1c2cc3ncc(C#N)nc3cc2-c2cc3nc(C#N)cnc3cc21)C1c2cc3ncc(C#N)nc3cc2-c2cc3nc(C#N)cnc3cc21. The molecule has 87 heavy (non-hydrogen) atoms. The third kappa shape index (κ3) is 7.03. The molecule has 0 aliphatic heterocycles. The Kier molecular flexibility index (Phi) is 10.1. The molecule has 1 saturated carbocycles. The Bertz CT molecular complexity index is 5030. The fourth-order valence-electron chi connectivity index (χ4n) is 12.8. The van der Waals surface area contributed by atoms with Crippen molar-refractivity contribution < 1.29 is 0 Å². The van der Waals surface area contributed by atoms with E-state index in [9.17, 15) is 47.4 Å². The Labute approximate surface area is 487 Å². The van der Waals surface area contributed by atoms with Crippen molar-refractivity contribution in [2.45, 2.75) is 17.8 Å². The number of hydrogen-bond donors (Lipinski definition) is 0. The van der Waals surface area contributed by atoms with Crippen LogP contribution >= 0.6 is 0 Å². The number of nitrogens with zero attached hydrogens (tertiary/aromatic N) is 21. The average molecular weight is 1110 g/mol. The molecule has 4 aliphatic rings. The maximum atomic E-state index is 12.2. The average Bonchev–Trinajstić information content (AvgIpc) is 2.92. The summed E-state index contributed by atoms with van der Waals surface area (Å²) in [6, 6.07) is 41.8. The zero-order chi connectivity index (χ0) is 59.1. The zero-order valence-corrected chi connectivity index (χ0v) is 44.0. The van der Waals surface area contributed by atoms with Gasteiger partial charge < -0.3 is 0 Å². The van der Waals surface area contributed by atoms with Gasteiger partial charge in [-0.2, -0.15) is 47.4 Å². The standard InChI is InChI=1S/C66H21N21/c67-13-28-22-76-49-7-40-34(1-55(49)82-28)35-2-56-50(77-23-29(14-68)83-56)8-41(35)61(40)46(19-73)64-65(47(20-74)62-42-9-51-57(84-30(15-69)24-78-51)3-36(42)37-4-58-52(10-43(37)62)79-25-31(16-70)85-58)66(64)48(21-75)63-44-11-53-59(86-32(17-71)26-80-53)5-38(44)39-6-60-54(12-45(39)63)81-27-33(18-72)87-60/h1-12,22-27,61-63H. The number of fused-ring (bicyclic) bond motifs is 15. The normalized spacial score (nSPS) is 13.2. The molecule has 0 unspecified atom stereocenters. The second-order valence-electron chi connectivity index (χ2n) is 20.8. The molecule has 6 aromatic carbocycles. The van der Waals surface area contributed by atoms with Crippen molar-refractivity contribution in [2.24, 2.45) is 0 Å². The Hall–Kier alpha value is -14.0. The first-order chi connectivity index (χ1) is 42.6. The maximum absolute atomic E-state index is 12.2. The number of nitriles is 9.